The van der Waals surface area contributed by atoms with Gasteiger partial charge in [0.2, 0.25) is 0 Å². The van der Waals surface area contributed by atoms with Crippen molar-refractivity contribution in [3.8, 4) is 5.75 Å². The maximum absolute atomic E-state index is 10.6. The van der Waals surface area contributed by atoms with E-state index in [9.17, 15) is 13.2 Å². The molecule has 82 valence electrons. The molecule has 0 heterocycles. The summed E-state index contributed by atoms with van der Waals surface area (Å²) >= 11 is 0. The van der Waals surface area contributed by atoms with E-state index in [1.165, 1.54) is 29.2 Å². The van der Waals surface area contributed by atoms with Crippen LogP contribution in [0.3, 0.4) is 0 Å². The first-order valence-electron chi connectivity index (χ1n) is 3.63. The molecule has 0 unspecified atom stereocenters. The number of rotatable bonds is 4. The minimum atomic E-state index is -4.53. The first kappa shape index (κ1) is 11.4. The summed E-state index contributed by atoms with van der Waals surface area (Å²) in [6.07, 6.45) is 0. The molecule has 1 aromatic rings. The molecule has 15 heavy (non-hydrogen) atoms. The van der Waals surface area contributed by atoms with E-state index in [0.29, 0.717) is 0 Å². The Labute approximate surface area is 85.1 Å². The van der Waals surface area contributed by atoms with E-state index in [1.54, 1.807) is 0 Å². The van der Waals surface area contributed by atoms with Gasteiger partial charge in [-0.15, -0.1) is 0 Å². The lowest BCUT2D eigenvalue weighted by Crippen LogP contribution is -2.26. The second kappa shape index (κ2) is 4.26. The molecule has 0 spiro atoms. The highest BCUT2D eigenvalue weighted by atomic mass is 32.2. The maximum Gasteiger partial charge on any atom is 0.364 e. The summed E-state index contributed by atoms with van der Waals surface area (Å²) in [4.78, 5) is 16.3. The Morgan fingerprint density at radius 2 is 1.93 bits per heavy atom. The normalized spacial score (nSPS) is 11.0. The molecule has 0 saturated carbocycles. The lowest BCUT2D eigenvalue weighted by molar-refractivity contribution is 0.0690. The third-order valence-corrected chi connectivity index (χ3v) is 1.67. The molecule has 7 nitrogen and oxygen atoms in total. The Morgan fingerprint density at radius 1 is 1.33 bits per heavy atom. The Bertz CT molecular complexity index is 468. The molecule has 0 radical (unpaired) electrons. The number of carboxylic acids is 1. The fourth-order valence-electron chi connectivity index (χ4n) is 0.830. The fraction of sp³-hybridized carbons (Fsp3) is 0. The summed E-state index contributed by atoms with van der Waals surface area (Å²) in [5.74, 6) is -1.50. The molecule has 0 amide bonds. The number of hydrogen-bond acceptors (Lipinski definition) is 4. The van der Waals surface area contributed by atoms with Crippen molar-refractivity contribution in [2.45, 2.75) is 0 Å². The van der Waals surface area contributed by atoms with E-state index in [1.807, 2.05) is 0 Å². The number of nitrogens with one attached hydrogen (secondary N) is 1. The zero-order valence-electron chi connectivity index (χ0n) is 7.25. The molecule has 0 aliphatic heterocycles. The van der Waals surface area contributed by atoms with Crippen molar-refractivity contribution in [1.29, 1.82) is 0 Å². The molecule has 0 bridgehead atoms. The molecule has 1 rings (SSSR count). The third-order valence-electron chi connectivity index (χ3n) is 1.37. The van der Waals surface area contributed by atoms with E-state index in [2.05, 4.69) is 4.84 Å². The smallest absolute Gasteiger partial charge is 0.364 e. The van der Waals surface area contributed by atoms with Gasteiger partial charge in [-0.25, -0.2) is 4.79 Å². The molecule has 1 aromatic carbocycles. The van der Waals surface area contributed by atoms with E-state index in [-0.39, 0.29) is 11.3 Å². The van der Waals surface area contributed by atoms with Crippen LogP contribution in [0.1, 0.15) is 10.4 Å². The van der Waals surface area contributed by atoms with Gasteiger partial charge in [-0.2, -0.15) is 8.42 Å². The third kappa shape index (κ3) is 3.54. The van der Waals surface area contributed by atoms with Gasteiger partial charge in [-0.1, -0.05) is 12.1 Å². The summed E-state index contributed by atoms with van der Waals surface area (Å²) in [5, 5.41) is 8.68. The average molecular weight is 233 g/mol. The van der Waals surface area contributed by atoms with Gasteiger partial charge in [0.05, 0.1) is 0 Å². The number of para-hydroxylation sites is 1. The first-order valence-corrected chi connectivity index (χ1v) is 5.07. The highest BCUT2D eigenvalue weighted by molar-refractivity contribution is 7.83. The highest BCUT2D eigenvalue weighted by Crippen LogP contribution is 2.16. The summed E-state index contributed by atoms with van der Waals surface area (Å²) in [7, 11) is -4.53. The number of carbonyl (C=O) groups is 1. The SMILES string of the molecule is O=C(O)c1ccccc1ONS(=O)(=O)O. The van der Waals surface area contributed by atoms with Crippen molar-refractivity contribution in [2.24, 2.45) is 0 Å². The molecule has 0 atom stereocenters. The molecule has 0 saturated heterocycles. The summed E-state index contributed by atoms with van der Waals surface area (Å²) in [5.41, 5.74) is -0.228. The monoisotopic (exact) mass is 233 g/mol. The second-order valence-electron chi connectivity index (χ2n) is 2.46. The van der Waals surface area contributed by atoms with Crippen molar-refractivity contribution in [3.05, 3.63) is 29.8 Å². The predicted octanol–water partition coefficient (Wildman–Crippen LogP) is 0.0710. The van der Waals surface area contributed by atoms with E-state index in [0.717, 1.165) is 0 Å². The lowest BCUT2D eigenvalue weighted by atomic mass is 10.2. The largest absolute Gasteiger partial charge is 0.478 e. The van der Waals surface area contributed by atoms with Gasteiger partial charge >= 0.3 is 16.3 Å². The standard InChI is InChI=1S/C7H7NO6S/c9-7(10)5-3-1-2-4-6(5)14-8-15(11,12)13/h1-4,8H,(H,9,10)(H,11,12,13). The van der Waals surface area contributed by atoms with Gasteiger partial charge in [-0.3, -0.25) is 4.55 Å². The Morgan fingerprint density at radius 3 is 2.47 bits per heavy atom. The minimum absolute atomic E-state index is 0.220. The van der Waals surface area contributed by atoms with Crippen LogP contribution in [0.15, 0.2) is 24.3 Å². The molecular weight excluding hydrogens is 226 g/mol. The van der Waals surface area contributed by atoms with Crippen LogP contribution >= 0.6 is 0 Å². The van der Waals surface area contributed by atoms with E-state index >= 15 is 0 Å². The van der Waals surface area contributed by atoms with Gasteiger partial charge < -0.3 is 9.94 Å². The quantitative estimate of drug-likeness (QED) is 0.501. The maximum atomic E-state index is 10.6. The fourth-order valence-corrected chi connectivity index (χ4v) is 1.02. The summed E-state index contributed by atoms with van der Waals surface area (Å²) in [6, 6.07) is 5.36. The van der Waals surface area contributed by atoms with E-state index in [4.69, 9.17) is 9.66 Å². The van der Waals surface area contributed by atoms with Crippen molar-refractivity contribution in [1.82, 2.24) is 4.89 Å². The molecule has 0 fully saturated rings. The van der Waals surface area contributed by atoms with Crippen molar-refractivity contribution < 1.29 is 27.7 Å². The number of aromatic carboxylic acids is 1. The summed E-state index contributed by atoms with van der Waals surface area (Å²) in [6.45, 7) is 0. The second-order valence-corrected chi connectivity index (χ2v) is 3.58. The number of hydrogen-bond donors (Lipinski definition) is 3. The zero-order valence-corrected chi connectivity index (χ0v) is 8.06. The number of benzene rings is 1. The number of carboxylic acid groups (broad SMARTS) is 1. The Kier molecular flexibility index (Phi) is 3.24. The van der Waals surface area contributed by atoms with Crippen LogP contribution in [-0.2, 0) is 10.3 Å². The van der Waals surface area contributed by atoms with Crippen LogP contribution in [0, 0.1) is 0 Å². The van der Waals surface area contributed by atoms with Crippen LogP contribution in [0.25, 0.3) is 0 Å². The topological polar surface area (TPSA) is 113 Å². The summed E-state index contributed by atoms with van der Waals surface area (Å²) < 4.78 is 28.8. The predicted molar refractivity (Wildman–Crippen MR) is 48.7 cm³/mol. The molecule has 8 heteroatoms. The molecule has 0 aliphatic rings. The first-order chi connectivity index (χ1) is 6.90. The molecule has 3 N–H and O–H groups in total. The van der Waals surface area contributed by atoms with Crippen molar-refractivity contribution in [3.63, 3.8) is 0 Å². The average Bonchev–Trinajstić information content (AvgIpc) is 2.14. The lowest BCUT2D eigenvalue weighted by Gasteiger charge is -2.06. The van der Waals surface area contributed by atoms with Gasteiger partial charge in [-0.05, 0) is 17.0 Å². The minimum Gasteiger partial charge on any atom is -0.478 e. The highest BCUT2D eigenvalue weighted by Gasteiger charge is 2.12. The Hall–Kier alpha value is -1.64. The van der Waals surface area contributed by atoms with Crippen LogP contribution in [-0.4, -0.2) is 24.0 Å². The molecular formula is C7H7NO6S. The van der Waals surface area contributed by atoms with Crippen LogP contribution < -0.4 is 9.72 Å². The molecule has 0 aliphatic carbocycles. The van der Waals surface area contributed by atoms with Crippen molar-refractivity contribution in [2.75, 3.05) is 0 Å². The molecule has 0 aromatic heterocycles. The Balaban J connectivity index is 2.90. The van der Waals surface area contributed by atoms with Crippen LogP contribution in [0.5, 0.6) is 5.75 Å². The zero-order chi connectivity index (χ0) is 11.5. The van der Waals surface area contributed by atoms with Crippen LogP contribution in [0.2, 0.25) is 0 Å². The van der Waals surface area contributed by atoms with Gasteiger partial charge in [0.1, 0.15) is 5.56 Å². The van der Waals surface area contributed by atoms with Gasteiger partial charge in [0.15, 0.2) is 5.75 Å². The van der Waals surface area contributed by atoms with Crippen molar-refractivity contribution >= 4 is 16.3 Å². The van der Waals surface area contributed by atoms with Crippen LogP contribution in [0.4, 0.5) is 0 Å². The van der Waals surface area contributed by atoms with E-state index < -0.39 is 16.3 Å². The van der Waals surface area contributed by atoms with Gasteiger partial charge in [0.25, 0.3) is 0 Å². The van der Waals surface area contributed by atoms with Gasteiger partial charge in [0, 0.05) is 0 Å².